The van der Waals surface area contributed by atoms with Gasteiger partial charge in [-0.2, -0.15) is 0 Å². The van der Waals surface area contributed by atoms with Crippen molar-refractivity contribution < 1.29 is 4.74 Å². The third-order valence-corrected chi connectivity index (χ3v) is 3.41. The summed E-state index contributed by atoms with van der Waals surface area (Å²) in [5.74, 6) is 0.904. The van der Waals surface area contributed by atoms with Crippen LogP contribution in [0, 0.1) is 0 Å². The first-order chi connectivity index (χ1) is 8.81. The summed E-state index contributed by atoms with van der Waals surface area (Å²) in [4.78, 5) is 5.34. The maximum absolute atomic E-state index is 5.54. The maximum Gasteiger partial charge on any atom is 0.183 e. The van der Waals surface area contributed by atoms with Crippen molar-refractivity contribution in [2.75, 3.05) is 11.9 Å². The lowest BCUT2D eigenvalue weighted by molar-refractivity contribution is 0.340. The molecular weight excluding hydrogens is 246 g/mol. The molecule has 5 heteroatoms. The first-order valence-electron chi connectivity index (χ1n) is 5.92. The third-order valence-electron chi connectivity index (χ3n) is 2.43. The molecule has 0 spiro atoms. The molecule has 1 aromatic carbocycles. The molecule has 0 fully saturated rings. The summed E-state index contributed by atoms with van der Waals surface area (Å²) in [6.07, 6.45) is 1.81. The van der Waals surface area contributed by atoms with E-state index in [1.807, 2.05) is 25.3 Å². The van der Waals surface area contributed by atoms with Crippen LogP contribution >= 0.6 is 11.3 Å². The van der Waals surface area contributed by atoms with Crippen LogP contribution in [-0.2, 0) is 13.1 Å². The molecule has 0 amide bonds. The van der Waals surface area contributed by atoms with Crippen molar-refractivity contribution in [2.45, 2.75) is 20.0 Å². The van der Waals surface area contributed by atoms with Gasteiger partial charge in [0.25, 0.3) is 0 Å². The van der Waals surface area contributed by atoms with Crippen molar-refractivity contribution in [1.82, 2.24) is 4.98 Å². The Hall–Kier alpha value is -1.59. The number of benzene rings is 1. The quantitative estimate of drug-likeness (QED) is 0.841. The second kappa shape index (κ2) is 6.37. The predicted molar refractivity (Wildman–Crippen MR) is 74.9 cm³/mol. The van der Waals surface area contributed by atoms with Crippen LogP contribution in [0.5, 0.6) is 5.75 Å². The number of hydrogen-bond acceptors (Lipinski definition) is 5. The number of anilines is 1. The SMILES string of the molecule is CCOc1ccc(CNc2ncc(CN)s2)cc1. The monoisotopic (exact) mass is 263 g/mol. The van der Waals surface area contributed by atoms with Crippen LogP contribution in [0.1, 0.15) is 17.4 Å². The van der Waals surface area contributed by atoms with Crippen molar-refractivity contribution in [3.63, 3.8) is 0 Å². The van der Waals surface area contributed by atoms with Crippen molar-refractivity contribution >= 4 is 16.5 Å². The average Bonchev–Trinajstić information content (AvgIpc) is 2.86. The molecule has 0 bridgehead atoms. The Morgan fingerprint density at radius 3 is 2.72 bits per heavy atom. The summed E-state index contributed by atoms with van der Waals surface area (Å²) in [6, 6.07) is 8.06. The fraction of sp³-hybridized carbons (Fsp3) is 0.308. The second-order valence-electron chi connectivity index (χ2n) is 3.77. The Balaban J connectivity index is 1.89. The van der Waals surface area contributed by atoms with Gasteiger partial charge < -0.3 is 15.8 Å². The maximum atomic E-state index is 5.54. The molecule has 18 heavy (non-hydrogen) atoms. The van der Waals surface area contributed by atoms with Crippen molar-refractivity contribution in [3.8, 4) is 5.75 Å². The Bertz CT molecular complexity index is 481. The second-order valence-corrected chi connectivity index (χ2v) is 4.88. The topological polar surface area (TPSA) is 60.2 Å². The van der Waals surface area contributed by atoms with Gasteiger partial charge in [-0.15, -0.1) is 11.3 Å². The fourth-order valence-corrected chi connectivity index (χ4v) is 2.22. The van der Waals surface area contributed by atoms with Crippen LogP contribution in [0.25, 0.3) is 0 Å². The summed E-state index contributed by atoms with van der Waals surface area (Å²) in [7, 11) is 0. The van der Waals surface area contributed by atoms with E-state index in [1.54, 1.807) is 11.3 Å². The van der Waals surface area contributed by atoms with E-state index in [-0.39, 0.29) is 0 Å². The summed E-state index contributed by atoms with van der Waals surface area (Å²) < 4.78 is 5.40. The number of hydrogen-bond donors (Lipinski definition) is 2. The third kappa shape index (κ3) is 3.45. The minimum absolute atomic E-state index is 0.544. The number of thiazole rings is 1. The smallest absolute Gasteiger partial charge is 0.183 e. The molecule has 3 N–H and O–H groups in total. The molecule has 1 heterocycles. The molecule has 0 radical (unpaired) electrons. The Labute approximate surface area is 111 Å². The highest BCUT2D eigenvalue weighted by Gasteiger charge is 2.00. The minimum Gasteiger partial charge on any atom is -0.494 e. The molecular formula is C13H17N3OS. The van der Waals surface area contributed by atoms with Crippen LogP contribution in [0.2, 0.25) is 0 Å². The normalized spacial score (nSPS) is 10.3. The van der Waals surface area contributed by atoms with Gasteiger partial charge in [-0.1, -0.05) is 12.1 Å². The Kier molecular flexibility index (Phi) is 4.55. The van der Waals surface area contributed by atoms with Gasteiger partial charge in [0.1, 0.15) is 5.75 Å². The van der Waals surface area contributed by atoms with Gasteiger partial charge in [-0.25, -0.2) is 4.98 Å². The summed E-state index contributed by atoms with van der Waals surface area (Å²) in [5.41, 5.74) is 6.74. The van der Waals surface area contributed by atoms with E-state index in [1.165, 1.54) is 5.56 Å². The van der Waals surface area contributed by atoms with E-state index in [9.17, 15) is 0 Å². The summed E-state index contributed by atoms with van der Waals surface area (Å²) >= 11 is 1.59. The summed E-state index contributed by atoms with van der Waals surface area (Å²) in [5, 5.41) is 4.18. The predicted octanol–water partition coefficient (Wildman–Crippen LogP) is 2.61. The molecule has 0 aliphatic heterocycles. The van der Waals surface area contributed by atoms with Crippen molar-refractivity contribution in [2.24, 2.45) is 5.73 Å². The van der Waals surface area contributed by atoms with Gasteiger partial charge >= 0.3 is 0 Å². The molecule has 0 atom stereocenters. The van der Waals surface area contributed by atoms with Crippen LogP contribution in [0.3, 0.4) is 0 Å². The largest absolute Gasteiger partial charge is 0.494 e. The van der Waals surface area contributed by atoms with Gasteiger partial charge in [0, 0.05) is 24.2 Å². The van der Waals surface area contributed by atoms with Gasteiger partial charge in [0.2, 0.25) is 0 Å². The zero-order valence-electron chi connectivity index (χ0n) is 10.3. The number of nitrogens with two attached hydrogens (primary N) is 1. The van der Waals surface area contributed by atoms with Crippen molar-refractivity contribution in [3.05, 3.63) is 40.9 Å². The summed E-state index contributed by atoms with van der Waals surface area (Å²) in [6.45, 7) is 3.97. The lowest BCUT2D eigenvalue weighted by atomic mass is 10.2. The number of ether oxygens (including phenoxy) is 1. The highest BCUT2D eigenvalue weighted by atomic mass is 32.1. The van der Waals surface area contributed by atoms with Gasteiger partial charge in [-0.3, -0.25) is 0 Å². The molecule has 4 nitrogen and oxygen atoms in total. The first kappa shape index (κ1) is 12.9. The number of nitrogens with one attached hydrogen (secondary N) is 1. The van der Waals surface area contributed by atoms with Gasteiger partial charge in [0.05, 0.1) is 6.61 Å². The molecule has 0 saturated carbocycles. The molecule has 2 aromatic rings. The first-order valence-corrected chi connectivity index (χ1v) is 6.74. The zero-order chi connectivity index (χ0) is 12.8. The van der Waals surface area contributed by atoms with E-state index < -0.39 is 0 Å². The average molecular weight is 263 g/mol. The highest BCUT2D eigenvalue weighted by molar-refractivity contribution is 7.15. The van der Waals surface area contributed by atoms with Crippen LogP contribution in [0.4, 0.5) is 5.13 Å². The lowest BCUT2D eigenvalue weighted by Crippen LogP contribution is -1.99. The lowest BCUT2D eigenvalue weighted by Gasteiger charge is -2.05. The molecule has 1 aromatic heterocycles. The van der Waals surface area contributed by atoms with Crippen LogP contribution in [0.15, 0.2) is 30.5 Å². The highest BCUT2D eigenvalue weighted by Crippen LogP contribution is 2.19. The minimum atomic E-state index is 0.544. The number of nitrogens with zero attached hydrogens (tertiary/aromatic N) is 1. The molecule has 0 aliphatic rings. The zero-order valence-corrected chi connectivity index (χ0v) is 11.2. The van der Waals surface area contributed by atoms with E-state index in [4.69, 9.17) is 10.5 Å². The van der Waals surface area contributed by atoms with E-state index in [0.29, 0.717) is 13.2 Å². The molecule has 0 unspecified atom stereocenters. The molecule has 2 rings (SSSR count). The van der Waals surface area contributed by atoms with Gasteiger partial charge in [0.15, 0.2) is 5.13 Å². The van der Waals surface area contributed by atoms with E-state index >= 15 is 0 Å². The standard InChI is InChI=1S/C13H17N3OS/c1-2-17-11-5-3-10(4-6-11)8-15-13-16-9-12(7-14)18-13/h3-6,9H,2,7-8,14H2,1H3,(H,15,16). The van der Waals surface area contributed by atoms with Crippen LogP contribution < -0.4 is 15.8 Å². The number of rotatable bonds is 6. The molecule has 0 saturated heterocycles. The fourth-order valence-electron chi connectivity index (χ4n) is 1.53. The van der Waals surface area contributed by atoms with Gasteiger partial charge in [-0.05, 0) is 24.6 Å². The van der Waals surface area contributed by atoms with Crippen LogP contribution in [-0.4, -0.2) is 11.6 Å². The van der Waals surface area contributed by atoms with Crippen molar-refractivity contribution in [1.29, 1.82) is 0 Å². The Morgan fingerprint density at radius 2 is 2.11 bits per heavy atom. The molecule has 0 aliphatic carbocycles. The Morgan fingerprint density at radius 1 is 1.33 bits per heavy atom. The number of aromatic nitrogens is 1. The van der Waals surface area contributed by atoms with E-state index in [2.05, 4.69) is 22.4 Å². The van der Waals surface area contributed by atoms with E-state index in [0.717, 1.165) is 22.3 Å². The molecule has 96 valence electrons.